The largest absolute Gasteiger partial charge is 2.00 e. The molecule has 0 rings (SSSR count). The molecule has 0 saturated heterocycles. The van der Waals surface area contributed by atoms with Crippen LogP contribution < -0.4 is 0 Å². The summed E-state index contributed by atoms with van der Waals surface area (Å²) in [6, 6.07) is 0. The normalized spacial score (nSPS) is 8.43. The van der Waals surface area contributed by atoms with Crippen molar-refractivity contribution in [3.63, 3.8) is 0 Å². The van der Waals surface area contributed by atoms with Crippen LogP contribution in [0.4, 0.5) is 0 Å². The van der Waals surface area contributed by atoms with Crippen LogP contribution in [0.3, 0.4) is 0 Å². The Bertz CT molecular complexity index is 68.2. The van der Waals surface area contributed by atoms with Crippen molar-refractivity contribution in [2.75, 3.05) is 0 Å². The van der Waals surface area contributed by atoms with Gasteiger partial charge in [-0.3, -0.25) is 0 Å². The molecule has 7 heteroatoms. The molecule has 0 saturated carbocycles. The monoisotopic (exact) mass is 210 g/mol. The van der Waals surface area contributed by atoms with Crippen molar-refractivity contribution in [1.82, 2.24) is 0 Å². The molecule has 0 heterocycles. The van der Waals surface area contributed by atoms with Crippen LogP contribution in [0.2, 0.25) is 0 Å². The Morgan fingerprint density at radius 2 is 1.29 bits per heavy atom. The molecule has 0 unspecified atom stereocenters. The zero-order valence-corrected chi connectivity index (χ0v) is 9.11. The maximum absolute atomic E-state index is 8.94. The van der Waals surface area contributed by atoms with Crippen molar-refractivity contribution in [3.05, 3.63) is 0 Å². The summed E-state index contributed by atoms with van der Waals surface area (Å²) in [7, 11) is 0. The minimum Gasteiger partial charge on any atom is -1.00 e. The van der Waals surface area contributed by atoms with E-state index in [1.54, 1.807) is 0 Å². The van der Waals surface area contributed by atoms with Crippen LogP contribution in [-0.2, 0) is 3.74 Å². The van der Waals surface area contributed by atoms with Gasteiger partial charge >= 0.3 is 91.3 Å². The average Bonchev–Trinajstić information content (AvgIpc) is 0.722. The van der Waals surface area contributed by atoms with E-state index in [1.165, 1.54) is 0 Å². The zero-order chi connectivity index (χ0) is 4.50. The fourth-order valence-electron chi connectivity index (χ4n) is 0. The summed E-state index contributed by atoms with van der Waals surface area (Å²) in [5.41, 5.74) is 0. The maximum atomic E-state index is 8.94. The number of rotatable bonds is 0. The molecule has 0 aliphatic carbocycles. The molecule has 0 radical (unpaired) electrons. The van der Waals surface area contributed by atoms with Gasteiger partial charge in [-0.15, -0.1) is 0 Å². The first kappa shape index (κ1) is 16.1. The van der Waals surface area contributed by atoms with Crippen LogP contribution in [0, 0.1) is 0 Å². The summed E-state index contributed by atoms with van der Waals surface area (Å²) < 4.78 is 30.7. The molecule has 0 aliphatic rings. The zero-order valence-electron chi connectivity index (χ0n) is 7.61. The van der Waals surface area contributed by atoms with Gasteiger partial charge in [0.2, 0.25) is 0 Å². The van der Waals surface area contributed by atoms with Crippen molar-refractivity contribution < 1.29 is 21.7 Å². The molecule has 0 fully saturated rings. The van der Waals surface area contributed by atoms with E-state index in [4.69, 9.17) is 16.0 Å². The second kappa shape index (κ2) is 6.39. The van der Waals surface area contributed by atoms with Crippen molar-refractivity contribution >= 4 is 75.3 Å². The first-order chi connectivity index (χ1) is 2.00. The molecule has 0 aromatic rings. The maximum Gasteiger partial charge on any atom is 2.00 e. The molecule has 40 valence electrons. The molecule has 0 spiro atoms. The molecule has 4 nitrogen and oxygen atoms in total. The molecule has 0 atom stereocenters. The fraction of sp³-hybridized carbons (Fsp3) is 0. The van der Waals surface area contributed by atoms with Gasteiger partial charge in [0.25, 0.3) is 0 Å². The summed E-state index contributed by atoms with van der Waals surface area (Å²) >= 11 is -5.12. The van der Waals surface area contributed by atoms with E-state index in [0.717, 1.165) is 0 Å². The van der Waals surface area contributed by atoms with Gasteiger partial charge in [0, 0.05) is 0 Å². The summed E-state index contributed by atoms with van der Waals surface area (Å²) in [6.45, 7) is 0. The molecule has 3 N–H and O–H groups in total. The van der Waals surface area contributed by atoms with Gasteiger partial charge in [-0.05, 0) is 0 Å². The predicted molar refractivity (Wildman–Crippen MR) is 29.1 cm³/mol. The van der Waals surface area contributed by atoms with Gasteiger partial charge in [-0.2, -0.15) is 0 Å². The van der Waals surface area contributed by atoms with Crippen molar-refractivity contribution in [3.8, 4) is 0 Å². The molecule has 0 aliphatic heterocycles. The van der Waals surface area contributed by atoms with Crippen LogP contribution >= 0.6 is 0 Å². The standard InChI is InChI=1S/AsH3O4.Ca.Mg.4H/c2-1(3,4)5;;;;;;/h(H3,2,3,4,5);;;;;;/q;2*+2;4*-1. The Morgan fingerprint density at radius 3 is 1.29 bits per heavy atom. The molecule has 0 amide bonds. The van der Waals surface area contributed by atoms with E-state index in [0.29, 0.717) is 0 Å². The van der Waals surface area contributed by atoms with Crippen LogP contribution in [0.5, 0.6) is 0 Å². The Morgan fingerprint density at radius 1 is 1.29 bits per heavy atom. The Balaban J connectivity index is -0.00000000533. The van der Waals surface area contributed by atoms with E-state index in [-0.39, 0.29) is 66.5 Å². The summed E-state index contributed by atoms with van der Waals surface area (Å²) in [5.74, 6) is 0. The van der Waals surface area contributed by atoms with Gasteiger partial charge in [0.15, 0.2) is 0 Å². The molecule has 7 heavy (non-hydrogen) atoms. The second-order valence-corrected chi connectivity index (χ2v) is 2.67. The molecule has 0 bridgehead atoms. The van der Waals surface area contributed by atoms with E-state index >= 15 is 0 Å². The first-order valence-corrected chi connectivity index (χ1v) is 4.07. The third-order valence-corrected chi connectivity index (χ3v) is 0. The number of hydrogen-bond donors (Lipinski definition) is 3. The quantitative estimate of drug-likeness (QED) is 0.387. The van der Waals surface area contributed by atoms with Gasteiger partial charge in [-0.1, -0.05) is 0 Å². The van der Waals surface area contributed by atoms with Crippen LogP contribution in [-0.4, -0.2) is 87.6 Å². The Hall–Kier alpha value is 2.26. The summed E-state index contributed by atoms with van der Waals surface area (Å²) in [5, 5.41) is 0. The van der Waals surface area contributed by atoms with Gasteiger partial charge in [0.05, 0.1) is 0 Å². The van der Waals surface area contributed by atoms with Crippen molar-refractivity contribution in [2.24, 2.45) is 0 Å². The van der Waals surface area contributed by atoms with Crippen LogP contribution in [0.25, 0.3) is 0 Å². The van der Waals surface area contributed by atoms with Gasteiger partial charge < -0.3 is 5.71 Å². The molecular weight excluding hydrogens is 203 g/mol. The van der Waals surface area contributed by atoms with E-state index in [9.17, 15) is 0 Å². The van der Waals surface area contributed by atoms with E-state index in [2.05, 4.69) is 0 Å². The summed E-state index contributed by atoms with van der Waals surface area (Å²) in [4.78, 5) is 0. The smallest absolute Gasteiger partial charge is 1.00 e. The third-order valence-electron chi connectivity index (χ3n) is 0. The fourth-order valence-corrected chi connectivity index (χ4v) is 0. The average molecular weight is 210 g/mol. The first-order valence-electron chi connectivity index (χ1n) is 0.783. The van der Waals surface area contributed by atoms with E-state index < -0.39 is 14.5 Å². The van der Waals surface area contributed by atoms with Gasteiger partial charge in [0.1, 0.15) is 0 Å². The van der Waals surface area contributed by atoms with Crippen molar-refractivity contribution in [1.29, 1.82) is 0 Å². The third kappa shape index (κ3) is 63.3. The van der Waals surface area contributed by atoms with Crippen LogP contribution in [0.1, 0.15) is 5.71 Å². The molecule has 0 aromatic heterocycles. The Kier molecular flexibility index (Phi) is 14.7. The number of hydrogen-bond acceptors (Lipinski definition) is 1. The summed E-state index contributed by atoms with van der Waals surface area (Å²) in [6.07, 6.45) is 0. The second-order valence-electron chi connectivity index (χ2n) is 0.513. The topological polar surface area (TPSA) is 77.8 Å². The van der Waals surface area contributed by atoms with Crippen LogP contribution in [0.15, 0.2) is 0 Å². The van der Waals surface area contributed by atoms with Gasteiger partial charge in [-0.25, -0.2) is 0 Å². The SMILES string of the molecule is O=[As](O)(O)O.[Ca+2].[H-].[H-].[H-].[H-].[Mg+2]. The Labute approximate surface area is 95.7 Å². The predicted octanol–water partition coefficient (Wildman–Crippen LogP) is -2.48. The minimum atomic E-state index is -5.12. The minimum absolute atomic E-state index is 0. The molecular formula is H7AsCaMgO4. The van der Waals surface area contributed by atoms with E-state index in [1.807, 2.05) is 0 Å². The van der Waals surface area contributed by atoms with Crippen molar-refractivity contribution in [2.45, 2.75) is 0 Å². The molecule has 0 aromatic carbocycles.